The molecule has 0 atom stereocenters. The Labute approximate surface area is 140 Å². The number of halogens is 1. The number of carbonyl (C=O) groups excluding carboxylic acids is 2. The molecule has 2 rings (SSSR count). The van der Waals surface area contributed by atoms with Crippen molar-refractivity contribution >= 4 is 11.8 Å². The molecular weight excluding hydrogens is 311 g/mol. The van der Waals surface area contributed by atoms with Gasteiger partial charge in [0, 0.05) is 24.2 Å². The van der Waals surface area contributed by atoms with Crippen molar-refractivity contribution in [3.05, 3.63) is 57.8 Å². The fourth-order valence-electron chi connectivity index (χ4n) is 2.40. The van der Waals surface area contributed by atoms with Crippen LogP contribution in [0.2, 0.25) is 0 Å². The Morgan fingerprint density at radius 2 is 1.62 bits per heavy atom. The first-order valence-corrected chi connectivity index (χ1v) is 7.70. The summed E-state index contributed by atoms with van der Waals surface area (Å²) in [5.74, 6) is 0.249. The van der Waals surface area contributed by atoms with Crippen molar-refractivity contribution in [1.29, 1.82) is 0 Å². The summed E-state index contributed by atoms with van der Waals surface area (Å²) in [5.41, 5.74) is 2.07. The zero-order chi connectivity index (χ0) is 17.9. The highest BCUT2D eigenvalue weighted by Crippen LogP contribution is 2.20. The Bertz CT molecular complexity index is 781. The highest BCUT2D eigenvalue weighted by atomic mass is 19.1. The summed E-state index contributed by atoms with van der Waals surface area (Å²) in [6, 6.07) is 4.32. The number of hydrogen-bond acceptors (Lipinski definition) is 3. The third-order valence-corrected chi connectivity index (χ3v) is 3.92. The van der Waals surface area contributed by atoms with E-state index in [1.807, 2.05) is 6.92 Å². The number of rotatable bonds is 5. The third kappa shape index (κ3) is 3.82. The molecular formula is C18H21FN2O3. The molecule has 1 heterocycles. The van der Waals surface area contributed by atoms with Gasteiger partial charge in [0.05, 0.1) is 5.56 Å². The molecule has 0 aliphatic rings. The van der Waals surface area contributed by atoms with E-state index >= 15 is 0 Å². The molecule has 0 fully saturated rings. The minimum absolute atomic E-state index is 0.238. The average molecular weight is 332 g/mol. The van der Waals surface area contributed by atoms with E-state index in [4.69, 9.17) is 4.42 Å². The molecule has 0 spiro atoms. The number of carbonyl (C=O) groups is 2. The van der Waals surface area contributed by atoms with Crippen molar-refractivity contribution in [1.82, 2.24) is 10.6 Å². The second-order valence-corrected chi connectivity index (χ2v) is 5.69. The number of hydrogen-bond donors (Lipinski definition) is 2. The minimum Gasteiger partial charge on any atom is -0.466 e. The van der Waals surface area contributed by atoms with Gasteiger partial charge in [-0.25, -0.2) is 4.39 Å². The smallest absolute Gasteiger partial charge is 0.255 e. The molecule has 1 aromatic carbocycles. The fourth-order valence-corrected chi connectivity index (χ4v) is 2.40. The van der Waals surface area contributed by atoms with Crippen LogP contribution in [0.3, 0.4) is 0 Å². The number of furan rings is 1. The van der Waals surface area contributed by atoms with Gasteiger partial charge in [0.1, 0.15) is 17.3 Å². The fraction of sp³-hybridized carbons (Fsp3) is 0.333. The van der Waals surface area contributed by atoms with Gasteiger partial charge in [0.2, 0.25) is 0 Å². The van der Waals surface area contributed by atoms with Crippen LogP contribution in [0, 0.1) is 33.5 Å². The van der Waals surface area contributed by atoms with Gasteiger partial charge in [0.25, 0.3) is 11.8 Å². The van der Waals surface area contributed by atoms with E-state index in [9.17, 15) is 14.0 Å². The Morgan fingerprint density at radius 1 is 1.00 bits per heavy atom. The minimum atomic E-state index is -0.419. The van der Waals surface area contributed by atoms with E-state index in [0.717, 1.165) is 5.56 Å². The van der Waals surface area contributed by atoms with Crippen LogP contribution >= 0.6 is 0 Å². The molecule has 0 unspecified atom stereocenters. The Hall–Kier alpha value is -2.63. The van der Waals surface area contributed by atoms with Crippen molar-refractivity contribution in [3.8, 4) is 0 Å². The molecule has 0 radical (unpaired) electrons. The summed E-state index contributed by atoms with van der Waals surface area (Å²) in [4.78, 5) is 24.1. The molecule has 2 aromatic rings. The number of nitrogens with one attached hydrogen (secondary N) is 2. The predicted molar refractivity (Wildman–Crippen MR) is 88.7 cm³/mol. The third-order valence-electron chi connectivity index (χ3n) is 3.92. The first-order valence-electron chi connectivity index (χ1n) is 7.70. The lowest BCUT2D eigenvalue weighted by Gasteiger charge is -2.08. The van der Waals surface area contributed by atoms with Crippen LogP contribution in [-0.2, 0) is 0 Å². The summed E-state index contributed by atoms with van der Waals surface area (Å²) in [6.45, 7) is 7.52. The second kappa shape index (κ2) is 7.29. The molecule has 128 valence electrons. The van der Waals surface area contributed by atoms with Crippen molar-refractivity contribution in [2.75, 3.05) is 13.1 Å². The molecule has 2 N–H and O–H groups in total. The van der Waals surface area contributed by atoms with Crippen molar-refractivity contribution < 1.29 is 18.4 Å². The number of amides is 2. The van der Waals surface area contributed by atoms with Crippen LogP contribution in [0.15, 0.2) is 22.6 Å². The lowest BCUT2D eigenvalue weighted by molar-refractivity contribution is 0.0926. The topological polar surface area (TPSA) is 71.3 Å². The molecule has 0 bridgehead atoms. The average Bonchev–Trinajstić information content (AvgIpc) is 2.79. The zero-order valence-corrected chi connectivity index (χ0v) is 14.2. The maximum Gasteiger partial charge on any atom is 0.255 e. The summed E-state index contributed by atoms with van der Waals surface area (Å²) in [6.07, 6.45) is 0. The van der Waals surface area contributed by atoms with E-state index in [1.165, 1.54) is 6.07 Å². The summed E-state index contributed by atoms with van der Waals surface area (Å²) in [7, 11) is 0. The van der Waals surface area contributed by atoms with Crippen molar-refractivity contribution in [2.24, 2.45) is 0 Å². The van der Waals surface area contributed by atoms with Crippen LogP contribution in [0.4, 0.5) is 4.39 Å². The van der Waals surface area contributed by atoms with Gasteiger partial charge in [0.15, 0.2) is 0 Å². The lowest BCUT2D eigenvalue weighted by Crippen LogP contribution is -2.35. The molecule has 0 aliphatic carbocycles. The van der Waals surface area contributed by atoms with Gasteiger partial charge in [-0.1, -0.05) is 6.07 Å². The molecule has 24 heavy (non-hydrogen) atoms. The Morgan fingerprint density at radius 3 is 2.17 bits per heavy atom. The van der Waals surface area contributed by atoms with Gasteiger partial charge in [-0.3, -0.25) is 9.59 Å². The van der Waals surface area contributed by atoms with E-state index in [2.05, 4.69) is 10.6 Å². The first kappa shape index (κ1) is 17.7. The number of aryl methyl sites for hydroxylation is 3. The van der Waals surface area contributed by atoms with E-state index in [0.29, 0.717) is 22.6 Å². The second-order valence-electron chi connectivity index (χ2n) is 5.69. The molecule has 0 saturated carbocycles. The molecule has 0 aliphatic heterocycles. The van der Waals surface area contributed by atoms with Crippen LogP contribution < -0.4 is 10.6 Å². The summed E-state index contributed by atoms with van der Waals surface area (Å²) < 4.78 is 18.9. The van der Waals surface area contributed by atoms with Gasteiger partial charge >= 0.3 is 0 Å². The van der Waals surface area contributed by atoms with E-state index in [-0.39, 0.29) is 30.5 Å². The molecule has 0 saturated heterocycles. The lowest BCUT2D eigenvalue weighted by atomic mass is 10.1. The van der Waals surface area contributed by atoms with Crippen molar-refractivity contribution in [2.45, 2.75) is 27.7 Å². The van der Waals surface area contributed by atoms with Gasteiger partial charge in [-0.15, -0.1) is 0 Å². The van der Waals surface area contributed by atoms with Crippen LogP contribution in [-0.4, -0.2) is 24.9 Å². The zero-order valence-electron chi connectivity index (χ0n) is 14.2. The quantitative estimate of drug-likeness (QED) is 0.827. The van der Waals surface area contributed by atoms with Gasteiger partial charge in [-0.2, -0.15) is 0 Å². The maximum absolute atomic E-state index is 13.5. The highest BCUT2D eigenvalue weighted by molar-refractivity contribution is 5.97. The largest absolute Gasteiger partial charge is 0.466 e. The predicted octanol–water partition coefficient (Wildman–Crippen LogP) is 2.81. The van der Waals surface area contributed by atoms with E-state index < -0.39 is 5.82 Å². The summed E-state index contributed by atoms with van der Waals surface area (Å²) in [5, 5.41) is 5.38. The Balaban J connectivity index is 1.85. The normalized spacial score (nSPS) is 10.5. The SMILES string of the molecule is Cc1ccc(C(=O)NCCNC(=O)c2c(C)oc(C)c2C)cc1F. The van der Waals surface area contributed by atoms with Crippen LogP contribution in [0.5, 0.6) is 0 Å². The van der Waals surface area contributed by atoms with E-state index in [1.54, 1.807) is 32.9 Å². The van der Waals surface area contributed by atoms with Crippen LogP contribution in [0.25, 0.3) is 0 Å². The number of benzene rings is 1. The van der Waals surface area contributed by atoms with Gasteiger partial charge < -0.3 is 15.1 Å². The Kier molecular flexibility index (Phi) is 5.39. The van der Waals surface area contributed by atoms with Crippen molar-refractivity contribution in [3.63, 3.8) is 0 Å². The highest BCUT2D eigenvalue weighted by Gasteiger charge is 2.18. The monoisotopic (exact) mass is 332 g/mol. The maximum atomic E-state index is 13.5. The van der Waals surface area contributed by atoms with Gasteiger partial charge in [-0.05, 0) is 45.4 Å². The molecule has 6 heteroatoms. The summed E-state index contributed by atoms with van der Waals surface area (Å²) >= 11 is 0. The standard InChI is InChI=1S/C18H21FN2O3/c1-10-5-6-14(9-15(10)19)17(22)20-7-8-21-18(23)16-11(2)12(3)24-13(16)4/h5-6,9H,7-8H2,1-4H3,(H,20,22)(H,21,23). The first-order chi connectivity index (χ1) is 11.3. The van der Waals surface area contributed by atoms with Crippen LogP contribution in [0.1, 0.15) is 43.4 Å². The molecule has 5 nitrogen and oxygen atoms in total. The molecule has 2 amide bonds. The molecule has 1 aromatic heterocycles.